The Morgan fingerprint density at radius 3 is 2.27 bits per heavy atom. The molecular weight excluding hydrogens is 383 g/mol. The molecule has 4 rings (SSSR count). The first-order chi connectivity index (χ1) is 14.4. The van der Waals surface area contributed by atoms with Crippen LogP contribution in [0.4, 0.5) is 4.39 Å². The van der Waals surface area contributed by atoms with Gasteiger partial charge in [0.1, 0.15) is 12.4 Å². The Balaban J connectivity index is 1.67. The first-order valence-corrected chi connectivity index (χ1v) is 11.0. The van der Waals surface area contributed by atoms with Crippen molar-refractivity contribution in [3.63, 3.8) is 0 Å². The number of carbonyl (C=O) groups excluding carboxylic acids is 1. The summed E-state index contributed by atoms with van der Waals surface area (Å²) in [6.07, 6.45) is 6.23. The molecular formula is C24H35FN2O3. The van der Waals surface area contributed by atoms with Crippen LogP contribution in [0, 0.1) is 5.41 Å². The maximum atomic E-state index is 13.3. The van der Waals surface area contributed by atoms with Gasteiger partial charge in [-0.3, -0.25) is 4.79 Å². The minimum atomic E-state index is -0.262. The number of nitrogens with two attached hydrogens (primary N) is 1. The highest BCUT2D eigenvalue weighted by Gasteiger charge is 2.54. The fraction of sp³-hybridized carbons (Fsp3) is 0.625. The van der Waals surface area contributed by atoms with Crippen LogP contribution >= 0.6 is 0 Å². The van der Waals surface area contributed by atoms with E-state index in [0.29, 0.717) is 24.2 Å². The van der Waals surface area contributed by atoms with Gasteiger partial charge in [0, 0.05) is 30.1 Å². The lowest BCUT2D eigenvalue weighted by molar-refractivity contribution is -0.151. The van der Waals surface area contributed by atoms with Crippen molar-refractivity contribution < 1.29 is 19.0 Å². The number of fused-ring (bicyclic) bond motifs is 3. The number of ether oxygens (including phenoxy) is 1. The molecule has 6 heteroatoms. The topological polar surface area (TPSA) is 75.8 Å². The molecule has 0 aromatic heterocycles. The summed E-state index contributed by atoms with van der Waals surface area (Å²) in [6, 6.07) is 8.22. The van der Waals surface area contributed by atoms with Gasteiger partial charge in [0.25, 0.3) is 0 Å². The number of hydrogen-bond donors (Lipinski definition) is 2. The van der Waals surface area contributed by atoms with Crippen LogP contribution in [0.5, 0.6) is 5.75 Å². The van der Waals surface area contributed by atoms with E-state index in [9.17, 15) is 14.3 Å². The van der Waals surface area contributed by atoms with Gasteiger partial charge in [-0.15, -0.1) is 0 Å². The van der Waals surface area contributed by atoms with Crippen LogP contribution in [0.2, 0.25) is 0 Å². The molecule has 166 valence electrons. The summed E-state index contributed by atoms with van der Waals surface area (Å²) in [5, 5.41) is 9.38. The average Bonchev–Trinajstić information content (AvgIpc) is 2.79. The van der Waals surface area contributed by atoms with Gasteiger partial charge in [-0.2, -0.15) is 0 Å². The van der Waals surface area contributed by atoms with Gasteiger partial charge in [-0.25, -0.2) is 4.39 Å². The van der Waals surface area contributed by atoms with Crippen LogP contribution < -0.4 is 10.5 Å². The van der Waals surface area contributed by atoms with Gasteiger partial charge in [-0.1, -0.05) is 12.1 Å². The highest BCUT2D eigenvalue weighted by atomic mass is 19.1. The quantitative estimate of drug-likeness (QED) is 0.641. The van der Waals surface area contributed by atoms with Crippen molar-refractivity contribution >= 4 is 5.91 Å². The normalized spacial score (nSPS) is 26.1. The van der Waals surface area contributed by atoms with Crippen molar-refractivity contribution in [2.75, 3.05) is 26.3 Å². The smallest absolute Gasteiger partial charge is 0.229 e. The number of carbonyl (C=O) groups is 1. The third-order valence-electron chi connectivity index (χ3n) is 7.23. The third-order valence-corrected chi connectivity index (χ3v) is 7.23. The van der Waals surface area contributed by atoms with Crippen LogP contribution in [0.1, 0.15) is 57.9 Å². The van der Waals surface area contributed by atoms with E-state index in [-0.39, 0.29) is 42.5 Å². The second kappa shape index (κ2) is 9.48. The number of rotatable bonds is 9. The van der Waals surface area contributed by atoms with Gasteiger partial charge < -0.3 is 20.5 Å². The van der Waals surface area contributed by atoms with Crippen LogP contribution in [-0.4, -0.2) is 48.3 Å². The molecule has 3 aliphatic rings. The first kappa shape index (κ1) is 22.8. The molecule has 0 aliphatic heterocycles. The first-order valence-electron chi connectivity index (χ1n) is 11.0. The van der Waals surface area contributed by atoms with E-state index in [4.69, 9.17) is 10.5 Å². The molecule has 0 atom stereocenters. The van der Waals surface area contributed by atoms with Crippen molar-refractivity contribution in [2.45, 2.75) is 63.8 Å². The molecule has 0 radical (unpaired) electrons. The van der Waals surface area contributed by atoms with Crippen molar-refractivity contribution in [1.82, 2.24) is 4.90 Å². The number of amides is 1. The zero-order chi connectivity index (χ0) is 21.8. The standard InChI is InChI=1S/C24H35FN2O3/c1-18(2)27(13-14-28)22(29)24-10-7-23(8-11-24,9-12-24)20-3-5-21(6-4-20)30-17-19(15-25)16-26/h3-6,15,18,28H,7-14,16-17,26H2,1-2H3/b19-15+. The molecule has 0 saturated heterocycles. The molecule has 0 heterocycles. The largest absolute Gasteiger partial charge is 0.489 e. The highest BCUT2D eigenvalue weighted by Crippen LogP contribution is 2.58. The SMILES string of the molecule is CC(C)N(CCO)C(=O)C12CCC(c3ccc(OC/C(=C/F)CN)cc3)(CC1)CC2. The van der Waals surface area contributed by atoms with Crippen LogP contribution in [0.3, 0.4) is 0 Å². The van der Waals surface area contributed by atoms with Crippen LogP contribution in [0.15, 0.2) is 36.2 Å². The molecule has 1 aromatic carbocycles. The number of hydrogen-bond acceptors (Lipinski definition) is 4. The van der Waals surface area contributed by atoms with Crippen molar-refractivity contribution in [3.05, 3.63) is 41.7 Å². The van der Waals surface area contributed by atoms with E-state index in [2.05, 4.69) is 12.1 Å². The molecule has 0 unspecified atom stereocenters. The van der Waals surface area contributed by atoms with Gasteiger partial charge in [0.15, 0.2) is 0 Å². The van der Waals surface area contributed by atoms with Gasteiger partial charge in [-0.05, 0) is 75.5 Å². The monoisotopic (exact) mass is 418 g/mol. The Kier molecular flexibility index (Phi) is 7.19. The number of benzene rings is 1. The van der Waals surface area contributed by atoms with Crippen LogP contribution in [-0.2, 0) is 10.2 Å². The molecule has 1 aromatic rings. The zero-order valence-electron chi connectivity index (χ0n) is 18.2. The van der Waals surface area contributed by atoms with E-state index >= 15 is 0 Å². The molecule has 30 heavy (non-hydrogen) atoms. The van der Waals surface area contributed by atoms with E-state index in [1.54, 1.807) is 0 Å². The number of nitrogens with zero attached hydrogens (tertiary/aromatic N) is 1. The Bertz CT molecular complexity index is 736. The Hall–Kier alpha value is -1.92. The van der Waals surface area contributed by atoms with Crippen LogP contribution in [0.25, 0.3) is 0 Å². The summed E-state index contributed by atoms with van der Waals surface area (Å²) < 4.78 is 18.3. The van der Waals surface area contributed by atoms with Gasteiger partial charge in [0.05, 0.1) is 12.9 Å². The van der Waals surface area contributed by atoms with Gasteiger partial charge in [0.2, 0.25) is 5.91 Å². The fourth-order valence-corrected chi connectivity index (χ4v) is 5.16. The second-order valence-electron chi connectivity index (χ2n) is 9.16. The summed E-state index contributed by atoms with van der Waals surface area (Å²) in [4.78, 5) is 15.2. The Morgan fingerprint density at radius 2 is 1.80 bits per heavy atom. The van der Waals surface area contributed by atoms with Gasteiger partial charge >= 0.3 is 0 Å². The van der Waals surface area contributed by atoms with E-state index in [1.807, 2.05) is 30.9 Å². The summed E-state index contributed by atoms with van der Waals surface area (Å²) in [5.41, 5.74) is 7.05. The Labute approximate surface area is 179 Å². The molecule has 3 saturated carbocycles. The zero-order valence-corrected chi connectivity index (χ0v) is 18.2. The lowest BCUT2D eigenvalue weighted by Gasteiger charge is -2.54. The summed E-state index contributed by atoms with van der Waals surface area (Å²) >= 11 is 0. The maximum absolute atomic E-state index is 13.3. The fourth-order valence-electron chi connectivity index (χ4n) is 5.16. The lowest BCUT2D eigenvalue weighted by atomic mass is 9.51. The highest BCUT2D eigenvalue weighted by molar-refractivity contribution is 5.83. The minimum Gasteiger partial charge on any atom is -0.489 e. The van der Waals surface area contributed by atoms with E-state index in [1.165, 1.54) is 5.56 Å². The molecule has 0 spiro atoms. The molecule has 3 aliphatic carbocycles. The molecule has 3 fully saturated rings. The average molecular weight is 419 g/mol. The van der Waals surface area contributed by atoms with Crippen molar-refractivity contribution in [1.29, 1.82) is 0 Å². The lowest BCUT2D eigenvalue weighted by Crippen LogP contribution is -2.54. The molecule has 2 bridgehead atoms. The summed E-state index contributed by atoms with van der Waals surface area (Å²) in [7, 11) is 0. The van der Waals surface area contributed by atoms with Crippen molar-refractivity contribution in [3.8, 4) is 5.75 Å². The van der Waals surface area contributed by atoms with E-state index in [0.717, 1.165) is 38.5 Å². The second-order valence-corrected chi connectivity index (χ2v) is 9.16. The van der Waals surface area contributed by atoms with Crippen molar-refractivity contribution in [2.24, 2.45) is 11.1 Å². The summed E-state index contributed by atoms with van der Waals surface area (Å²) in [5.74, 6) is 0.927. The summed E-state index contributed by atoms with van der Waals surface area (Å²) in [6.45, 7) is 4.75. The number of aliphatic hydroxyl groups excluding tert-OH is 1. The predicted octanol–water partition coefficient (Wildman–Crippen LogP) is 3.70. The third kappa shape index (κ3) is 4.40. The molecule has 5 nitrogen and oxygen atoms in total. The predicted molar refractivity (Wildman–Crippen MR) is 116 cm³/mol. The Morgan fingerprint density at radius 1 is 1.20 bits per heavy atom. The minimum absolute atomic E-state index is 0.00620. The number of halogens is 1. The van der Waals surface area contributed by atoms with E-state index < -0.39 is 0 Å². The maximum Gasteiger partial charge on any atom is 0.229 e. The number of aliphatic hydroxyl groups is 1. The molecule has 3 N–H and O–H groups in total. The molecule has 1 amide bonds.